The quantitative estimate of drug-likeness (QED) is 0.457. The summed E-state index contributed by atoms with van der Waals surface area (Å²) >= 11 is 6.12. The number of para-hydroxylation sites is 1. The zero-order valence-electron chi connectivity index (χ0n) is 19.1. The number of halogens is 5. The number of rotatable bonds is 4. The van der Waals surface area contributed by atoms with Gasteiger partial charge in [-0.2, -0.15) is 18.2 Å². The number of anilines is 2. The Kier molecular flexibility index (Phi) is 6.31. The van der Waals surface area contributed by atoms with Crippen LogP contribution in [0.5, 0.6) is 11.5 Å². The van der Waals surface area contributed by atoms with Gasteiger partial charge in [-0.05, 0) is 37.8 Å². The summed E-state index contributed by atoms with van der Waals surface area (Å²) in [4.78, 5) is 21.9. The van der Waals surface area contributed by atoms with Gasteiger partial charge in [0.15, 0.2) is 22.8 Å². The summed E-state index contributed by atoms with van der Waals surface area (Å²) in [6, 6.07) is 3.83. The lowest BCUT2D eigenvalue weighted by molar-refractivity contribution is -0.182. The van der Waals surface area contributed by atoms with E-state index in [0.717, 1.165) is 0 Å². The summed E-state index contributed by atoms with van der Waals surface area (Å²) in [7, 11) is 1.66. The first-order valence-corrected chi connectivity index (χ1v) is 11.8. The van der Waals surface area contributed by atoms with Crippen LogP contribution in [-0.2, 0) is 7.05 Å². The molecule has 36 heavy (non-hydrogen) atoms. The van der Waals surface area contributed by atoms with Gasteiger partial charge in [-0.15, -0.1) is 0 Å². The smallest absolute Gasteiger partial charge is 0.391 e. The predicted octanol–water partition coefficient (Wildman–Crippen LogP) is 5.13. The van der Waals surface area contributed by atoms with Gasteiger partial charge in [0.05, 0.1) is 16.6 Å². The largest absolute Gasteiger partial charge is 0.484 e. The number of ether oxygens (including phenoxy) is 2. The Morgan fingerprint density at radius 3 is 2.47 bits per heavy atom. The molecule has 0 radical (unpaired) electrons. The number of fused-ring (bicyclic) bond motifs is 3. The highest BCUT2D eigenvalue weighted by Crippen LogP contribution is 2.41. The van der Waals surface area contributed by atoms with Gasteiger partial charge in [0.2, 0.25) is 5.95 Å². The average molecular weight is 528 g/mol. The van der Waals surface area contributed by atoms with Gasteiger partial charge in [-0.3, -0.25) is 4.79 Å². The molecule has 0 unspecified atom stereocenters. The zero-order valence-corrected chi connectivity index (χ0v) is 19.8. The molecule has 0 bridgehead atoms. The van der Waals surface area contributed by atoms with Crippen LogP contribution in [0.3, 0.4) is 0 Å². The summed E-state index contributed by atoms with van der Waals surface area (Å²) < 4.78 is 66.4. The van der Waals surface area contributed by atoms with Gasteiger partial charge in [0.25, 0.3) is 5.91 Å². The summed E-state index contributed by atoms with van der Waals surface area (Å²) in [5.74, 6) is -1.96. The van der Waals surface area contributed by atoms with Gasteiger partial charge >= 0.3 is 6.18 Å². The van der Waals surface area contributed by atoms with Crippen LogP contribution < -0.4 is 20.1 Å². The van der Waals surface area contributed by atoms with Crippen molar-refractivity contribution in [3.63, 3.8) is 0 Å². The van der Waals surface area contributed by atoms with Gasteiger partial charge < -0.3 is 24.7 Å². The molecule has 3 aromatic rings. The van der Waals surface area contributed by atoms with E-state index in [1.807, 2.05) is 0 Å². The molecule has 1 fully saturated rings. The number of aryl methyl sites for hydroxylation is 1. The number of nitrogens with one attached hydrogen (secondary N) is 2. The molecule has 3 heterocycles. The molecule has 1 aromatic carbocycles. The number of alkyl halides is 3. The molecule has 1 aliphatic heterocycles. The van der Waals surface area contributed by atoms with Crippen LogP contribution in [0.25, 0.3) is 11.2 Å². The number of amides is 1. The van der Waals surface area contributed by atoms with Crippen molar-refractivity contribution in [2.45, 2.75) is 37.9 Å². The fraction of sp³-hybridized carbons (Fsp3) is 0.435. The van der Waals surface area contributed by atoms with E-state index in [1.54, 1.807) is 11.6 Å². The zero-order chi connectivity index (χ0) is 25.6. The molecule has 0 spiro atoms. The van der Waals surface area contributed by atoms with Crippen molar-refractivity contribution in [3.8, 4) is 11.5 Å². The van der Waals surface area contributed by atoms with Crippen LogP contribution in [0, 0.1) is 11.7 Å². The summed E-state index contributed by atoms with van der Waals surface area (Å²) in [5, 5.41) is 5.78. The molecule has 0 saturated heterocycles. The Morgan fingerprint density at radius 2 is 1.81 bits per heavy atom. The van der Waals surface area contributed by atoms with Gasteiger partial charge in [-0.25, -0.2) is 9.37 Å². The highest BCUT2D eigenvalue weighted by Gasteiger charge is 2.42. The standard InChI is InChI=1S/C23H22ClF4N5O3/c1-33-17-19-18(35-9-10-36-19)16(21(34)29-12-7-5-11(6-8-12)23(26,27)28)30-20(17)32-22(33)31-15-13(24)3-2-4-14(15)25/h2-4,11-12H,5-10H2,1H3,(H,29,34)(H,30,31,32). The number of hydrogen-bond acceptors (Lipinski definition) is 6. The number of benzene rings is 1. The maximum atomic E-state index is 14.3. The molecular formula is C23H22ClF4N5O3. The van der Waals surface area contributed by atoms with Gasteiger partial charge in [0.1, 0.15) is 24.5 Å². The first-order chi connectivity index (χ1) is 17.1. The fourth-order valence-electron chi connectivity index (χ4n) is 4.56. The molecule has 0 atom stereocenters. The molecular weight excluding hydrogens is 506 g/mol. The third-order valence-electron chi connectivity index (χ3n) is 6.45. The van der Waals surface area contributed by atoms with Crippen LogP contribution >= 0.6 is 11.6 Å². The molecule has 8 nitrogen and oxygen atoms in total. The lowest BCUT2D eigenvalue weighted by Gasteiger charge is -2.30. The highest BCUT2D eigenvalue weighted by atomic mass is 35.5. The van der Waals surface area contributed by atoms with Gasteiger partial charge in [-0.1, -0.05) is 17.7 Å². The van der Waals surface area contributed by atoms with Crippen LogP contribution in [0.15, 0.2) is 18.2 Å². The van der Waals surface area contributed by atoms with Crippen LogP contribution in [0.4, 0.5) is 29.2 Å². The molecule has 2 aromatic heterocycles. The predicted molar refractivity (Wildman–Crippen MR) is 123 cm³/mol. The molecule has 13 heteroatoms. The van der Waals surface area contributed by atoms with Crippen molar-refractivity contribution in [1.29, 1.82) is 0 Å². The van der Waals surface area contributed by atoms with Crippen molar-refractivity contribution >= 4 is 40.3 Å². The van der Waals surface area contributed by atoms with Crippen molar-refractivity contribution in [1.82, 2.24) is 19.9 Å². The number of nitrogens with zero attached hydrogens (tertiary/aromatic N) is 3. The van der Waals surface area contributed by atoms with E-state index in [4.69, 9.17) is 21.1 Å². The SMILES string of the molecule is Cn1c(Nc2c(F)cccc2Cl)nc2nc(C(=O)NC3CCC(C(F)(F)F)CC3)c3c(c21)OCCO3. The Balaban J connectivity index is 1.45. The van der Waals surface area contributed by atoms with E-state index >= 15 is 0 Å². The number of aromatic nitrogens is 3. The van der Waals surface area contributed by atoms with E-state index in [9.17, 15) is 22.4 Å². The summed E-state index contributed by atoms with van der Waals surface area (Å²) in [6.07, 6.45) is -3.92. The second kappa shape index (κ2) is 9.30. The first kappa shape index (κ1) is 24.4. The molecule has 192 valence electrons. The molecule has 5 rings (SSSR count). The van der Waals surface area contributed by atoms with Crippen LogP contribution in [-0.4, -0.2) is 45.9 Å². The van der Waals surface area contributed by atoms with E-state index in [1.165, 1.54) is 18.2 Å². The van der Waals surface area contributed by atoms with Crippen molar-refractivity contribution in [3.05, 3.63) is 34.7 Å². The van der Waals surface area contributed by atoms with Crippen molar-refractivity contribution < 1.29 is 31.8 Å². The van der Waals surface area contributed by atoms with E-state index in [0.29, 0.717) is 5.52 Å². The number of imidazole rings is 1. The number of hydrogen-bond donors (Lipinski definition) is 2. The second-order valence-electron chi connectivity index (χ2n) is 8.77. The third kappa shape index (κ3) is 4.49. The molecule has 1 amide bonds. The minimum atomic E-state index is -4.23. The minimum Gasteiger partial charge on any atom is -0.484 e. The van der Waals surface area contributed by atoms with Crippen LogP contribution in [0.1, 0.15) is 36.2 Å². The molecule has 1 saturated carbocycles. The normalized spacial score (nSPS) is 19.8. The van der Waals surface area contributed by atoms with E-state index in [2.05, 4.69) is 20.6 Å². The average Bonchev–Trinajstić information content (AvgIpc) is 3.16. The Labute approximate surface area is 207 Å². The van der Waals surface area contributed by atoms with Gasteiger partial charge in [0, 0.05) is 13.1 Å². The Bertz CT molecular complexity index is 1300. The summed E-state index contributed by atoms with van der Waals surface area (Å²) in [6.45, 7) is 0.409. The monoisotopic (exact) mass is 527 g/mol. The van der Waals surface area contributed by atoms with E-state index in [-0.39, 0.29) is 78.4 Å². The topological polar surface area (TPSA) is 90.3 Å². The lowest BCUT2D eigenvalue weighted by Crippen LogP contribution is -2.40. The molecule has 1 aliphatic carbocycles. The van der Waals surface area contributed by atoms with Crippen molar-refractivity contribution in [2.75, 3.05) is 18.5 Å². The third-order valence-corrected chi connectivity index (χ3v) is 6.76. The summed E-state index contributed by atoms with van der Waals surface area (Å²) in [5.41, 5.74) is 0.504. The maximum absolute atomic E-state index is 14.3. The Morgan fingerprint density at radius 1 is 1.11 bits per heavy atom. The first-order valence-electron chi connectivity index (χ1n) is 11.4. The minimum absolute atomic E-state index is 0.0241. The maximum Gasteiger partial charge on any atom is 0.391 e. The fourth-order valence-corrected chi connectivity index (χ4v) is 4.77. The van der Waals surface area contributed by atoms with E-state index < -0.39 is 29.9 Å². The number of carbonyl (C=O) groups excluding carboxylic acids is 1. The Hall–Kier alpha value is -3.28. The molecule has 2 aliphatic rings. The van der Waals surface area contributed by atoms with Crippen molar-refractivity contribution in [2.24, 2.45) is 13.0 Å². The number of carbonyl (C=O) groups is 1. The number of pyridine rings is 1. The lowest BCUT2D eigenvalue weighted by atomic mass is 9.85. The highest BCUT2D eigenvalue weighted by molar-refractivity contribution is 6.33. The van der Waals surface area contributed by atoms with Crippen LogP contribution in [0.2, 0.25) is 5.02 Å². The molecule has 2 N–H and O–H groups in total. The second-order valence-corrected chi connectivity index (χ2v) is 9.17.